The quantitative estimate of drug-likeness (QED) is 0.353. The fourth-order valence-electron chi connectivity index (χ4n) is 3.05. The number of hydrazone groups is 1. The molecule has 1 N–H and O–H groups in total. The fourth-order valence-corrected chi connectivity index (χ4v) is 3.25. The van der Waals surface area contributed by atoms with E-state index in [1.165, 1.54) is 6.21 Å². The molecule has 0 aliphatic heterocycles. The molecule has 0 unspecified atom stereocenters. The second kappa shape index (κ2) is 9.45. The van der Waals surface area contributed by atoms with E-state index in [9.17, 15) is 9.59 Å². The summed E-state index contributed by atoms with van der Waals surface area (Å²) in [6.07, 6.45) is 1.49. The van der Waals surface area contributed by atoms with Crippen LogP contribution in [0.2, 0.25) is 5.02 Å². The zero-order valence-electron chi connectivity index (χ0n) is 16.9. The summed E-state index contributed by atoms with van der Waals surface area (Å²) in [5, 5.41) is 5.19. The number of nitrogens with zero attached hydrogens (tertiary/aromatic N) is 2. The molecule has 30 heavy (non-hydrogen) atoms. The molecule has 3 rings (SSSR count). The predicted molar refractivity (Wildman–Crippen MR) is 116 cm³/mol. The van der Waals surface area contributed by atoms with Gasteiger partial charge in [0.05, 0.1) is 18.4 Å². The van der Waals surface area contributed by atoms with Gasteiger partial charge >= 0.3 is 5.97 Å². The van der Waals surface area contributed by atoms with Gasteiger partial charge in [-0.05, 0) is 49.7 Å². The number of fused-ring (bicyclic) bond motifs is 1. The normalized spacial score (nSPS) is 11.1. The highest BCUT2D eigenvalue weighted by Crippen LogP contribution is 2.29. The lowest BCUT2D eigenvalue weighted by Gasteiger charge is -2.06. The van der Waals surface area contributed by atoms with Crippen molar-refractivity contribution in [3.8, 4) is 5.75 Å². The number of aryl methyl sites for hydroxylation is 1. The van der Waals surface area contributed by atoms with E-state index in [2.05, 4.69) is 10.5 Å². The maximum absolute atomic E-state index is 12.4. The predicted octanol–water partition coefficient (Wildman–Crippen LogP) is 3.85. The van der Waals surface area contributed by atoms with Crippen molar-refractivity contribution in [3.05, 3.63) is 64.3 Å². The Labute approximate surface area is 179 Å². The number of hydrogen-bond acceptors (Lipinski definition) is 5. The third kappa shape index (κ3) is 4.80. The van der Waals surface area contributed by atoms with E-state index < -0.39 is 5.91 Å². The number of aromatic nitrogens is 1. The number of carbonyl (C=O) groups is 2. The molecular formula is C22H22ClN3O4. The smallest absolute Gasteiger partial charge is 0.340 e. The molecule has 0 aliphatic rings. The SMILES string of the molecule is CCOC(=O)c1c(C)n(C)c2ccc(OCC(=O)NN=Cc3cccc(Cl)c3)cc12. The van der Waals surface area contributed by atoms with E-state index in [1.54, 1.807) is 37.3 Å². The van der Waals surface area contributed by atoms with E-state index >= 15 is 0 Å². The largest absolute Gasteiger partial charge is 0.484 e. The topological polar surface area (TPSA) is 81.9 Å². The highest BCUT2D eigenvalue weighted by atomic mass is 35.5. The maximum Gasteiger partial charge on any atom is 0.340 e. The zero-order chi connectivity index (χ0) is 21.7. The third-order valence-electron chi connectivity index (χ3n) is 4.56. The minimum atomic E-state index is -0.414. The summed E-state index contributed by atoms with van der Waals surface area (Å²) in [4.78, 5) is 24.4. The van der Waals surface area contributed by atoms with Crippen molar-refractivity contribution in [2.24, 2.45) is 12.1 Å². The molecule has 0 atom stereocenters. The van der Waals surface area contributed by atoms with E-state index in [0.29, 0.717) is 28.3 Å². The van der Waals surface area contributed by atoms with Crippen LogP contribution in [0, 0.1) is 6.92 Å². The van der Waals surface area contributed by atoms with Gasteiger partial charge in [0.1, 0.15) is 5.75 Å². The van der Waals surface area contributed by atoms with Crippen LogP contribution >= 0.6 is 11.6 Å². The molecule has 0 saturated carbocycles. The zero-order valence-corrected chi connectivity index (χ0v) is 17.7. The molecule has 8 heteroatoms. The minimum Gasteiger partial charge on any atom is -0.484 e. The molecule has 7 nitrogen and oxygen atoms in total. The summed E-state index contributed by atoms with van der Waals surface area (Å²) in [6.45, 7) is 3.69. The molecule has 0 bridgehead atoms. The summed E-state index contributed by atoms with van der Waals surface area (Å²) in [5.41, 5.74) is 5.33. The lowest BCUT2D eigenvalue weighted by Crippen LogP contribution is -2.24. The van der Waals surface area contributed by atoms with Crippen LogP contribution in [0.15, 0.2) is 47.6 Å². The lowest BCUT2D eigenvalue weighted by molar-refractivity contribution is -0.123. The van der Waals surface area contributed by atoms with Gasteiger partial charge in [-0.1, -0.05) is 23.7 Å². The van der Waals surface area contributed by atoms with Gasteiger partial charge in [-0.25, -0.2) is 10.2 Å². The van der Waals surface area contributed by atoms with E-state index in [-0.39, 0.29) is 12.6 Å². The summed E-state index contributed by atoms with van der Waals surface area (Å²) in [5.74, 6) is -0.332. The van der Waals surface area contributed by atoms with Gasteiger partial charge in [-0.15, -0.1) is 0 Å². The van der Waals surface area contributed by atoms with Gasteiger partial charge in [0.25, 0.3) is 5.91 Å². The second-order valence-electron chi connectivity index (χ2n) is 6.56. The molecule has 2 aromatic carbocycles. The molecule has 0 spiro atoms. The van der Waals surface area contributed by atoms with E-state index in [4.69, 9.17) is 21.1 Å². The molecule has 0 fully saturated rings. The molecule has 0 aliphatic carbocycles. The summed E-state index contributed by atoms with van der Waals surface area (Å²) >= 11 is 5.91. The molecule has 1 aromatic heterocycles. The van der Waals surface area contributed by atoms with Crippen LogP contribution in [0.5, 0.6) is 5.75 Å². The number of ether oxygens (including phenoxy) is 2. The maximum atomic E-state index is 12.4. The Morgan fingerprint density at radius 1 is 1.23 bits per heavy atom. The molecule has 156 valence electrons. The number of benzene rings is 2. The van der Waals surface area contributed by atoms with Crippen molar-refractivity contribution < 1.29 is 19.1 Å². The highest BCUT2D eigenvalue weighted by Gasteiger charge is 2.20. The Morgan fingerprint density at radius 2 is 2.03 bits per heavy atom. The average Bonchev–Trinajstić information content (AvgIpc) is 2.96. The van der Waals surface area contributed by atoms with Gasteiger partial charge in [-0.2, -0.15) is 5.10 Å². The second-order valence-corrected chi connectivity index (χ2v) is 6.99. The molecular weight excluding hydrogens is 406 g/mol. The Hall–Kier alpha value is -3.32. The number of halogens is 1. The number of amides is 1. The fraction of sp³-hybridized carbons (Fsp3) is 0.227. The van der Waals surface area contributed by atoms with E-state index in [0.717, 1.165) is 16.8 Å². The highest BCUT2D eigenvalue weighted by molar-refractivity contribution is 6.30. The monoisotopic (exact) mass is 427 g/mol. The van der Waals surface area contributed by atoms with Gasteiger partial charge in [0, 0.05) is 28.7 Å². The summed E-state index contributed by atoms with van der Waals surface area (Å²) < 4.78 is 12.7. The summed E-state index contributed by atoms with van der Waals surface area (Å²) in [6, 6.07) is 12.4. The van der Waals surface area contributed by atoms with Gasteiger partial charge < -0.3 is 14.0 Å². The van der Waals surface area contributed by atoms with Crippen molar-refractivity contribution in [2.45, 2.75) is 13.8 Å². The average molecular weight is 428 g/mol. The van der Waals surface area contributed by atoms with Crippen LogP contribution in [0.1, 0.15) is 28.5 Å². The number of esters is 1. The first kappa shape index (κ1) is 21.4. The Bertz CT molecular complexity index is 1120. The van der Waals surface area contributed by atoms with Crippen LogP contribution in [-0.2, 0) is 16.6 Å². The van der Waals surface area contributed by atoms with Crippen LogP contribution in [0.4, 0.5) is 0 Å². The van der Waals surface area contributed by atoms with E-state index in [1.807, 2.05) is 30.7 Å². The van der Waals surface area contributed by atoms with Crippen molar-refractivity contribution in [1.82, 2.24) is 9.99 Å². The molecule has 0 radical (unpaired) electrons. The van der Waals surface area contributed by atoms with Crippen molar-refractivity contribution in [3.63, 3.8) is 0 Å². The van der Waals surface area contributed by atoms with Crippen LogP contribution in [0.3, 0.4) is 0 Å². The van der Waals surface area contributed by atoms with Crippen LogP contribution in [0.25, 0.3) is 10.9 Å². The molecule has 3 aromatic rings. The van der Waals surface area contributed by atoms with Gasteiger partial charge in [0.15, 0.2) is 6.61 Å². The minimum absolute atomic E-state index is 0.223. The van der Waals surface area contributed by atoms with Crippen LogP contribution < -0.4 is 10.2 Å². The first-order chi connectivity index (χ1) is 14.4. The Balaban J connectivity index is 1.68. The Morgan fingerprint density at radius 3 is 2.77 bits per heavy atom. The third-order valence-corrected chi connectivity index (χ3v) is 4.80. The van der Waals surface area contributed by atoms with Crippen molar-refractivity contribution >= 4 is 40.6 Å². The first-order valence-corrected chi connectivity index (χ1v) is 9.75. The van der Waals surface area contributed by atoms with Gasteiger partial charge in [0.2, 0.25) is 0 Å². The molecule has 1 amide bonds. The van der Waals surface area contributed by atoms with Crippen molar-refractivity contribution in [2.75, 3.05) is 13.2 Å². The Kier molecular flexibility index (Phi) is 6.74. The number of nitrogens with one attached hydrogen (secondary N) is 1. The molecule has 1 heterocycles. The number of hydrogen-bond donors (Lipinski definition) is 1. The standard InChI is InChI=1S/C22H22ClN3O4/c1-4-29-22(28)21-14(2)26(3)19-9-8-17(11-18(19)21)30-13-20(27)25-24-12-15-6-5-7-16(23)10-15/h5-12H,4,13H2,1-3H3,(H,25,27). The van der Waals surface area contributed by atoms with Crippen LogP contribution in [-0.4, -0.2) is 35.9 Å². The van der Waals surface area contributed by atoms with Gasteiger partial charge in [-0.3, -0.25) is 4.79 Å². The molecule has 0 saturated heterocycles. The lowest BCUT2D eigenvalue weighted by atomic mass is 10.1. The number of carbonyl (C=O) groups excluding carboxylic acids is 2. The van der Waals surface area contributed by atoms with Crippen molar-refractivity contribution in [1.29, 1.82) is 0 Å². The first-order valence-electron chi connectivity index (χ1n) is 9.37. The summed E-state index contributed by atoms with van der Waals surface area (Å²) in [7, 11) is 1.88. The number of rotatable bonds is 7.